The van der Waals surface area contributed by atoms with E-state index in [1.54, 1.807) is 6.08 Å². The zero-order valence-electron chi connectivity index (χ0n) is 29.7. The van der Waals surface area contributed by atoms with Gasteiger partial charge in [0.05, 0.1) is 25.4 Å². The monoisotopic (exact) mass is 680 g/mol. The molecule has 0 saturated heterocycles. The molecule has 8 nitrogen and oxygen atoms in total. The maximum atomic E-state index is 12.7. The van der Waals surface area contributed by atoms with Crippen LogP contribution in [0.25, 0.3) is 0 Å². The van der Waals surface area contributed by atoms with Crippen molar-refractivity contribution in [3.05, 3.63) is 60.8 Å². The first-order valence-electron chi connectivity index (χ1n) is 18.4. The van der Waals surface area contributed by atoms with Crippen LogP contribution in [0.15, 0.2) is 60.8 Å². The van der Waals surface area contributed by atoms with Crippen LogP contribution in [0, 0.1) is 0 Å². The molecule has 0 aliphatic rings. The minimum atomic E-state index is -4.34. The molecule has 0 aliphatic heterocycles. The minimum absolute atomic E-state index is 0.0682. The lowest BCUT2D eigenvalue weighted by molar-refractivity contribution is -0.123. The van der Waals surface area contributed by atoms with Gasteiger partial charge in [-0.2, -0.15) is 0 Å². The van der Waals surface area contributed by atoms with Gasteiger partial charge in [-0.3, -0.25) is 13.8 Å². The Labute approximate surface area is 287 Å². The standard InChI is InChI=1S/C38H69N2O6P/c1-3-5-7-9-11-13-14-15-16-17-18-19-20-21-22-24-26-28-30-32-38(42)40-36(35-46-47(43,44)45-34-33-39)37(41)31-29-27-25-23-12-10-8-6-4-2/h4,6,11-13,15-16,23,29,31,36-37,41H,3,5,7-10,14,17-22,24-28,30,32-35,39H2,1-2H3,(H,40,42)(H,43,44)/b6-4+,13-11-,16-15-,23-12+,31-29+. The van der Waals surface area contributed by atoms with Gasteiger partial charge >= 0.3 is 7.82 Å². The topological polar surface area (TPSA) is 131 Å². The average Bonchev–Trinajstić information content (AvgIpc) is 3.05. The predicted molar refractivity (Wildman–Crippen MR) is 198 cm³/mol. The van der Waals surface area contributed by atoms with E-state index in [-0.39, 0.29) is 25.7 Å². The van der Waals surface area contributed by atoms with Gasteiger partial charge in [0.2, 0.25) is 5.91 Å². The molecular weight excluding hydrogens is 611 g/mol. The first kappa shape index (κ1) is 45.2. The van der Waals surface area contributed by atoms with Crippen molar-refractivity contribution < 1.29 is 28.4 Å². The number of aliphatic hydroxyl groups is 1. The average molecular weight is 681 g/mol. The van der Waals surface area contributed by atoms with Gasteiger partial charge in [-0.1, -0.05) is 125 Å². The predicted octanol–water partition coefficient (Wildman–Crippen LogP) is 9.55. The molecule has 0 spiro atoms. The van der Waals surface area contributed by atoms with Gasteiger partial charge in [-0.05, 0) is 71.1 Å². The van der Waals surface area contributed by atoms with E-state index in [0.717, 1.165) is 51.4 Å². The lowest BCUT2D eigenvalue weighted by atomic mass is 10.1. The van der Waals surface area contributed by atoms with E-state index in [2.05, 4.69) is 54.8 Å². The quantitative estimate of drug-likeness (QED) is 0.0308. The normalized spacial score (nSPS) is 15.1. The molecule has 3 unspecified atom stereocenters. The summed E-state index contributed by atoms with van der Waals surface area (Å²) in [7, 11) is -4.34. The van der Waals surface area contributed by atoms with E-state index in [1.165, 1.54) is 70.6 Å². The van der Waals surface area contributed by atoms with Gasteiger partial charge in [0, 0.05) is 13.0 Å². The fourth-order valence-corrected chi connectivity index (χ4v) is 5.61. The van der Waals surface area contributed by atoms with Crippen molar-refractivity contribution in [2.45, 2.75) is 154 Å². The maximum absolute atomic E-state index is 12.7. The summed E-state index contributed by atoms with van der Waals surface area (Å²) in [6.45, 7) is 3.81. The van der Waals surface area contributed by atoms with Crippen molar-refractivity contribution in [3.63, 3.8) is 0 Å². The molecule has 0 rings (SSSR count). The Morgan fingerprint density at radius 3 is 1.87 bits per heavy atom. The summed E-state index contributed by atoms with van der Waals surface area (Å²) < 4.78 is 21.9. The molecule has 0 aliphatic carbocycles. The zero-order chi connectivity index (χ0) is 34.7. The van der Waals surface area contributed by atoms with Gasteiger partial charge in [0.1, 0.15) is 0 Å². The van der Waals surface area contributed by atoms with Crippen molar-refractivity contribution in [1.29, 1.82) is 0 Å². The third-order valence-electron chi connectivity index (χ3n) is 7.64. The number of hydrogen-bond donors (Lipinski definition) is 4. The highest BCUT2D eigenvalue weighted by Gasteiger charge is 2.26. The van der Waals surface area contributed by atoms with Crippen LogP contribution >= 0.6 is 7.82 Å². The number of unbranched alkanes of at least 4 members (excludes halogenated alkanes) is 14. The van der Waals surface area contributed by atoms with E-state index in [9.17, 15) is 19.4 Å². The largest absolute Gasteiger partial charge is 0.472 e. The van der Waals surface area contributed by atoms with Gasteiger partial charge in [-0.15, -0.1) is 0 Å². The van der Waals surface area contributed by atoms with Crippen LogP contribution < -0.4 is 11.1 Å². The van der Waals surface area contributed by atoms with Crippen molar-refractivity contribution in [1.82, 2.24) is 5.32 Å². The molecule has 9 heteroatoms. The van der Waals surface area contributed by atoms with Crippen LogP contribution in [0.3, 0.4) is 0 Å². The maximum Gasteiger partial charge on any atom is 0.472 e. The third-order valence-corrected chi connectivity index (χ3v) is 8.62. The number of phosphoric ester groups is 1. The van der Waals surface area contributed by atoms with Crippen LogP contribution in [-0.4, -0.2) is 47.8 Å². The molecule has 0 heterocycles. The molecule has 0 fully saturated rings. The van der Waals surface area contributed by atoms with E-state index in [0.29, 0.717) is 6.42 Å². The van der Waals surface area contributed by atoms with Crippen LogP contribution in [0.4, 0.5) is 0 Å². The third kappa shape index (κ3) is 32.5. The number of amides is 1. The van der Waals surface area contributed by atoms with Gasteiger partial charge in [0.25, 0.3) is 0 Å². The molecule has 0 saturated carbocycles. The highest BCUT2D eigenvalue weighted by Crippen LogP contribution is 2.43. The lowest BCUT2D eigenvalue weighted by Crippen LogP contribution is -2.45. The number of phosphoric acid groups is 1. The molecule has 1 amide bonds. The molecular formula is C38H69N2O6P. The molecule has 3 atom stereocenters. The summed E-state index contributed by atoms with van der Waals surface area (Å²) in [6, 6.07) is -0.885. The summed E-state index contributed by atoms with van der Waals surface area (Å²) in [4.78, 5) is 22.5. The second kappa shape index (κ2) is 34.1. The molecule has 0 aromatic carbocycles. The van der Waals surface area contributed by atoms with Crippen molar-refractivity contribution in [2.24, 2.45) is 5.73 Å². The number of nitrogens with two attached hydrogens (primary N) is 1. The number of aliphatic hydroxyl groups excluding tert-OH is 1. The summed E-state index contributed by atoms with van der Waals surface area (Å²) in [5.74, 6) is -0.220. The molecule has 5 N–H and O–H groups in total. The zero-order valence-corrected chi connectivity index (χ0v) is 30.6. The van der Waals surface area contributed by atoms with Crippen molar-refractivity contribution in [2.75, 3.05) is 19.8 Å². The minimum Gasteiger partial charge on any atom is -0.387 e. The Hall–Kier alpha value is -1.80. The fourth-order valence-electron chi connectivity index (χ4n) is 4.85. The number of carbonyl (C=O) groups excluding carboxylic acids is 1. The Kier molecular flexibility index (Phi) is 32.8. The number of rotatable bonds is 33. The van der Waals surface area contributed by atoms with Gasteiger partial charge < -0.3 is 21.1 Å². The number of hydrogen-bond acceptors (Lipinski definition) is 6. The number of allylic oxidation sites excluding steroid dienone is 9. The van der Waals surface area contributed by atoms with Gasteiger partial charge in [0.15, 0.2) is 0 Å². The number of nitrogens with one attached hydrogen (secondary N) is 1. The molecule has 272 valence electrons. The Balaban J connectivity index is 4.25. The molecule has 0 radical (unpaired) electrons. The lowest BCUT2D eigenvalue weighted by Gasteiger charge is -2.23. The SMILES string of the molecule is C/C=C/CC/C=C/CC/C=C/C(O)C(COP(=O)(O)OCCN)NC(=O)CCCCCCCCCCC/C=C\C/C=C\CCCCC. The first-order valence-corrected chi connectivity index (χ1v) is 19.9. The summed E-state index contributed by atoms with van der Waals surface area (Å²) >= 11 is 0. The molecule has 0 aromatic heterocycles. The van der Waals surface area contributed by atoms with Crippen LogP contribution in [-0.2, 0) is 18.4 Å². The molecule has 0 bridgehead atoms. The first-order chi connectivity index (χ1) is 22.9. The van der Waals surface area contributed by atoms with Crippen molar-refractivity contribution >= 4 is 13.7 Å². The van der Waals surface area contributed by atoms with E-state index < -0.39 is 20.0 Å². The second-order valence-electron chi connectivity index (χ2n) is 12.1. The summed E-state index contributed by atoms with van der Waals surface area (Å²) in [5.41, 5.74) is 5.34. The Morgan fingerprint density at radius 2 is 1.28 bits per heavy atom. The highest BCUT2D eigenvalue weighted by atomic mass is 31.2. The fraction of sp³-hybridized carbons (Fsp3) is 0.711. The van der Waals surface area contributed by atoms with E-state index in [1.807, 2.05) is 19.1 Å². The second-order valence-corrected chi connectivity index (χ2v) is 13.5. The summed E-state index contributed by atoms with van der Waals surface area (Å²) in [5, 5.41) is 13.5. The number of carbonyl (C=O) groups is 1. The van der Waals surface area contributed by atoms with Crippen LogP contribution in [0.5, 0.6) is 0 Å². The van der Waals surface area contributed by atoms with Crippen LogP contribution in [0.1, 0.15) is 142 Å². The Bertz CT molecular complexity index is 918. The molecule has 0 aromatic rings. The van der Waals surface area contributed by atoms with Crippen molar-refractivity contribution in [3.8, 4) is 0 Å². The van der Waals surface area contributed by atoms with Gasteiger partial charge in [-0.25, -0.2) is 4.57 Å². The summed E-state index contributed by atoms with van der Waals surface area (Å²) in [6.07, 6.45) is 41.5. The van der Waals surface area contributed by atoms with E-state index >= 15 is 0 Å². The smallest absolute Gasteiger partial charge is 0.387 e. The molecule has 47 heavy (non-hydrogen) atoms. The van der Waals surface area contributed by atoms with E-state index in [4.69, 9.17) is 14.8 Å². The van der Waals surface area contributed by atoms with Crippen LogP contribution in [0.2, 0.25) is 0 Å². The Morgan fingerprint density at radius 1 is 0.745 bits per heavy atom. The highest BCUT2D eigenvalue weighted by molar-refractivity contribution is 7.47.